The van der Waals surface area contributed by atoms with Crippen LogP contribution >= 0.6 is 11.6 Å². The molecular formula is C22H23ClN4O3S. The number of rotatable bonds is 5. The molecule has 7 nitrogen and oxygen atoms in total. The van der Waals surface area contributed by atoms with Gasteiger partial charge < -0.3 is 4.90 Å². The van der Waals surface area contributed by atoms with Crippen LogP contribution in [0.1, 0.15) is 16.8 Å². The minimum absolute atomic E-state index is 0.237. The standard InChI is InChI=1S/C22H23ClN4O3S/c1-16-14-18(22(28)25-24-16)15-17-6-8-19(9-7-17)31(29,30)27-12-10-26(11-13-27)21-5-3-2-4-20(21)23/h2-9,14H,10-13,15H2,1H3,(H,25,28). The minimum Gasteiger partial charge on any atom is -0.368 e. The lowest BCUT2D eigenvalue weighted by Gasteiger charge is -2.35. The summed E-state index contributed by atoms with van der Waals surface area (Å²) in [7, 11) is -3.59. The number of hydrogen-bond donors (Lipinski definition) is 1. The second kappa shape index (κ2) is 8.82. The summed E-state index contributed by atoms with van der Waals surface area (Å²) in [5.74, 6) is 0. The van der Waals surface area contributed by atoms with Crippen molar-refractivity contribution in [2.75, 3.05) is 31.1 Å². The Morgan fingerprint density at radius 2 is 1.71 bits per heavy atom. The molecule has 1 fully saturated rings. The smallest absolute Gasteiger partial charge is 0.267 e. The molecule has 162 valence electrons. The summed E-state index contributed by atoms with van der Waals surface area (Å²) in [5.41, 5.74) is 2.87. The van der Waals surface area contributed by atoms with Gasteiger partial charge in [0.15, 0.2) is 0 Å². The van der Waals surface area contributed by atoms with Crippen LogP contribution in [0, 0.1) is 6.92 Å². The normalized spacial score (nSPS) is 15.2. The van der Waals surface area contributed by atoms with Gasteiger partial charge >= 0.3 is 0 Å². The Labute approximate surface area is 186 Å². The summed E-state index contributed by atoms with van der Waals surface area (Å²) in [5, 5.41) is 7.01. The molecule has 9 heteroatoms. The lowest BCUT2D eigenvalue weighted by Crippen LogP contribution is -2.48. The van der Waals surface area contributed by atoms with Gasteiger partial charge in [0.25, 0.3) is 5.56 Å². The lowest BCUT2D eigenvalue weighted by atomic mass is 10.1. The fourth-order valence-electron chi connectivity index (χ4n) is 3.72. The van der Waals surface area contributed by atoms with Gasteiger partial charge in [-0.05, 0) is 42.8 Å². The molecule has 1 saturated heterocycles. The molecular weight excluding hydrogens is 436 g/mol. The van der Waals surface area contributed by atoms with Gasteiger partial charge in [-0.2, -0.15) is 9.40 Å². The summed E-state index contributed by atoms with van der Waals surface area (Å²) in [4.78, 5) is 14.3. The summed E-state index contributed by atoms with van der Waals surface area (Å²) in [6.07, 6.45) is 0.412. The van der Waals surface area contributed by atoms with E-state index in [1.807, 2.05) is 24.3 Å². The number of anilines is 1. The van der Waals surface area contributed by atoms with E-state index in [0.29, 0.717) is 43.2 Å². The summed E-state index contributed by atoms with van der Waals surface area (Å²) in [6, 6.07) is 16.0. The maximum atomic E-state index is 13.1. The maximum absolute atomic E-state index is 13.1. The number of aryl methyl sites for hydroxylation is 1. The van der Waals surface area contributed by atoms with Gasteiger partial charge in [0.2, 0.25) is 10.0 Å². The quantitative estimate of drug-likeness (QED) is 0.635. The number of halogens is 1. The predicted molar refractivity (Wildman–Crippen MR) is 121 cm³/mol. The molecule has 1 aliphatic rings. The maximum Gasteiger partial charge on any atom is 0.267 e. The van der Waals surface area contributed by atoms with Crippen LogP contribution in [0.4, 0.5) is 5.69 Å². The van der Waals surface area contributed by atoms with Gasteiger partial charge in [0, 0.05) is 38.2 Å². The molecule has 2 aromatic carbocycles. The molecule has 1 aliphatic heterocycles. The van der Waals surface area contributed by atoms with Crippen molar-refractivity contribution in [2.24, 2.45) is 0 Å². The third-order valence-corrected chi connectivity index (χ3v) is 7.63. The van der Waals surface area contributed by atoms with E-state index >= 15 is 0 Å². The van der Waals surface area contributed by atoms with E-state index in [4.69, 9.17) is 11.6 Å². The molecule has 1 aromatic heterocycles. The van der Waals surface area contributed by atoms with Crippen molar-refractivity contribution in [3.63, 3.8) is 0 Å². The average molecular weight is 459 g/mol. The van der Waals surface area contributed by atoms with Crippen LogP contribution in [0.5, 0.6) is 0 Å². The number of benzene rings is 2. The van der Waals surface area contributed by atoms with Crippen molar-refractivity contribution in [3.05, 3.63) is 86.8 Å². The first kappa shape index (κ1) is 21.5. The largest absolute Gasteiger partial charge is 0.368 e. The highest BCUT2D eigenvalue weighted by Crippen LogP contribution is 2.27. The summed E-state index contributed by atoms with van der Waals surface area (Å²) in [6.45, 7) is 3.74. The zero-order valence-corrected chi connectivity index (χ0v) is 18.7. The highest BCUT2D eigenvalue weighted by Gasteiger charge is 2.29. The number of nitrogens with one attached hydrogen (secondary N) is 1. The van der Waals surface area contributed by atoms with Gasteiger partial charge in [-0.1, -0.05) is 35.9 Å². The second-order valence-corrected chi connectivity index (χ2v) is 9.87. The van der Waals surface area contributed by atoms with E-state index < -0.39 is 10.0 Å². The molecule has 0 atom stereocenters. The molecule has 0 amide bonds. The molecule has 0 radical (unpaired) electrons. The summed E-state index contributed by atoms with van der Waals surface area (Å²) < 4.78 is 27.7. The monoisotopic (exact) mass is 458 g/mol. The van der Waals surface area contributed by atoms with E-state index in [1.165, 1.54) is 4.31 Å². The van der Waals surface area contributed by atoms with Crippen molar-refractivity contribution in [3.8, 4) is 0 Å². The van der Waals surface area contributed by atoms with Crippen molar-refractivity contribution >= 4 is 27.3 Å². The number of sulfonamides is 1. The van der Waals surface area contributed by atoms with Crippen molar-refractivity contribution in [2.45, 2.75) is 18.2 Å². The number of aromatic amines is 1. The third kappa shape index (κ3) is 4.66. The van der Waals surface area contributed by atoms with Gasteiger partial charge in [-0.3, -0.25) is 4.79 Å². The molecule has 0 bridgehead atoms. The molecule has 31 heavy (non-hydrogen) atoms. The Hall–Kier alpha value is -2.68. The molecule has 3 aromatic rings. The lowest BCUT2D eigenvalue weighted by molar-refractivity contribution is 0.385. The highest BCUT2D eigenvalue weighted by atomic mass is 35.5. The van der Waals surface area contributed by atoms with Crippen LogP contribution in [0.2, 0.25) is 5.02 Å². The second-order valence-electron chi connectivity index (χ2n) is 7.53. The van der Waals surface area contributed by atoms with Crippen LogP contribution in [0.25, 0.3) is 0 Å². The van der Waals surface area contributed by atoms with Crippen molar-refractivity contribution in [1.82, 2.24) is 14.5 Å². The van der Waals surface area contributed by atoms with Crippen LogP contribution < -0.4 is 10.5 Å². The zero-order valence-electron chi connectivity index (χ0n) is 17.1. The predicted octanol–water partition coefficient (Wildman–Crippen LogP) is 2.83. The number of H-pyrrole nitrogens is 1. The molecule has 2 heterocycles. The van der Waals surface area contributed by atoms with Crippen LogP contribution in [-0.4, -0.2) is 49.1 Å². The highest BCUT2D eigenvalue weighted by molar-refractivity contribution is 7.89. The van der Waals surface area contributed by atoms with E-state index in [2.05, 4.69) is 15.1 Å². The van der Waals surface area contributed by atoms with Crippen LogP contribution in [0.15, 0.2) is 64.3 Å². The summed E-state index contributed by atoms with van der Waals surface area (Å²) >= 11 is 6.27. The van der Waals surface area contributed by atoms with E-state index in [-0.39, 0.29) is 10.5 Å². The zero-order chi connectivity index (χ0) is 22.0. The van der Waals surface area contributed by atoms with Crippen LogP contribution in [-0.2, 0) is 16.4 Å². The fraction of sp³-hybridized carbons (Fsp3) is 0.273. The fourth-order valence-corrected chi connectivity index (χ4v) is 5.40. The van der Waals surface area contributed by atoms with E-state index in [1.54, 1.807) is 37.3 Å². The Morgan fingerprint density at radius 3 is 2.39 bits per heavy atom. The van der Waals surface area contributed by atoms with E-state index in [9.17, 15) is 13.2 Å². The Bertz CT molecular complexity index is 1230. The van der Waals surface area contributed by atoms with Gasteiger partial charge in [0.05, 0.1) is 21.3 Å². The van der Waals surface area contributed by atoms with Crippen molar-refractivity contribution < 1.29 is 8.42 Å². The first-order valence-corrected chi connectivity index (χ1v) is 11.8. The van der Waals surface area contributed by atoms with Crippen molar-refractivity contribution in [1.29, 1.82) is 0 Å². The van der Waals surface area contributed by atoms with E-state index in [0.717, 1.165) is 16.9 Å². The van der Waals surface area contributed by atoms with Gasteiger partial charge in [-0.15, -0.1) is 0 Å². The number of nitrogens with zero attached hydrogens (tertiary/aromatic N) is 3. The SMILES string of the molecule is Cc1cc(Cc2ccc(S(=O)(=O)N3CCN(c4ccccc4Cl)CC3)cc2)c(=O)[nH]n1. The first-order chi connectivity index (χ1) is 14.8. The van der Waals surface area contributed by atoms with Crippen LogP contribution in [0.3, 0.4) is 0 Å². The number of para-hydroxylation sites is 1. The average Bonchev–Trinajstić information content (AvgIpc) is 2.77. The number of hydrogen-bond acceptors (Lipinski definition) is 5. The first-order valence-electron chi connectivity index (χ1n) is 9.98. The Kier molecular flexibility index (Phi) is 6.13. The minimum atomic E-state index is -3.59. The molecule has 4 rings (SSSR count). The third-order valence-electron chi connectivity index (χ3n) is 5.40. The Balaban J connectivity index is 1.45. The molecule has 0 spiro atoms. The number of aromatic nitrogens is 2. The molecule has 1 N–H and O–H groups in total. The molecule has 0 saturated carbocycles. The molecule has 0 unspecified atom stereocenters. The molecule has 0 aliphatic carbocycles. The van der Waals surface area contributed by atoms with Gasteiger partial charge in [-0.25, -0.2) is 13.5 Å². The number of piperazine rings is 1. The van der Waals surface area contributed by atoms with Gasteiger partial charge in [0.1, 0.15) is 0 Å². The topological polar surface area (TPSA) is 86.4 Å². The Morgan fingerprint density at radius 1 is 1.03 bits per heavy atom.